The molecule has 3 aromatic carbocycles. The Morgan fingerprint density at radius 2 is 1.76 bits per heavy atom. The summed E-state index contributed by atoms with van der Waals surface area (Å²) >= 11 is 9.89. The van der Waals surface area contributed by atoms with Crippen LogP contribution in [0.25, 0.3) is 0 Å². The van der Waals surface area contributed by atoms with Gasteiger partial charge in [0.15, 0.2) is 5.78 Å². The zero-order valence-electron chi connectivity index (χ0n) is 23.9. The first-order valence-corrected chi connectivity index (χ1v) is 14.8. The van der Waals surface area contributed by atoms with Crippen molar-refractivity contribution in [1.29, 1.82) is 5.26 Å². The van der Waals surface area contributed by atoms with Gasteiger partial charge in [-0.25, -0.2) is 0 Å². The molecule has 1 heterocycles. The van der Waals surface area contributed by atoms with Crippen molar-refractivity contribution < 1.29 is 9.53 Å². The molecule has 1 aliphatic carbocycles. The first kappa shape index (κ1) is 29.0. The number of ketones is 1. The molecule has 5 rings (SSSR count). The van der Waals surface area contributed by atoms with Crippen molar-refractivity contribution in [1.82, 2.24) is 0 Å². The van der Waals surface area contributed by atoms with E-state index in [2.05, 4.69) is 54.9 Å². The largest absolute Gasteiger partial charge is 0.489 e. The van der Waals surface area contributed by atoms with E-state index < -0.39 is 5.92 Å². The number of nitrogens with zero attached hydrogens (tertiary/aromatic N) is 2. The van der Waals surface area contributed by atoms with Gasteiger partial charge in [-0.3, -0.25) is 9.69 Å². The summed E-state index contributed by atoms with van der Waals surface area (Å²) in [7, 11) is 0. The molecule has 1 unspecified atom stereocenters. The number of nitrogens with two attached hydrogens (primary N) is 1. The topological polar surface area (TPSA) is 79.4 Å². The molecule has 7 heteroatoms. The Hall–Kier alpha value is -3.53. The number of carbonyl (C=O) groups is 1. The Bertz CT molecular complexity index is 1660. The Labute approximate surface area is 255 Å². The minimum Gasteiger partial charge on any atom is -0.489 e. The molecule has 41 heavy (non-hydrogen) atoms. The molecule has 0 spiro atoms. The number of carbonyl (C=O) groups excluding carboxylic acids is 1. The first-order chi connectivity index (χ1) is 19.4. The number of nitriles is 1. The molecular formula is C34H33BrClN3O2. The van der Waals surface area contributed by atoms with Gasteiger partial charge in [-0.05, 0) is 96.8 Å². The zero-order chi connectivity index (χ0) is 29.6. The smallest absolute Gasteiger partial charge is 0.162 e. The minimum absolute atomic E-state index is 0.0406. The fraction of sp³-hybridized carbons (Fsp3) is 0.294. The number of hydrogen-bond acceptors (Lipinski definition) is 5. The van der Waals surface area contributed by atoms with Crippen molar-refractivity contribution in [3.8, 4) is 11.8 Å². The van der Waals surface area contributed by atoms with Gasteiger partial charge in [0.1, 0.15) is 18.2 Å². The van der Waals surface area contributed by atoms with Gasteiger partial charge in [0.05, 0.1) is 23.2 Å². The molecule has 0 radical (unpaired) electrons. The summed E-state index contributed by atoms with van der Waals surface area (Å²) in [5, 5.41) is 11.1. The molecule has 210 valence electrons. The Balaban J connectivity index is 1.68. The molecule has 3 aromatic rings. The van der Waals surface area contributed by atoms with Gasteiger partial charge in [-0.15, -0.1) is 0 Å². The summed E-state index contributed by atoms with van der Waals surface area (Å²) in [6.45, 7) is 10.6. The van der Waals surface area contributed by atoms with E-state index in [0.29, 0.717) is 41.4 Å². The summed E-state index contributed by atoms with van der Waals surface area (Å²) in [4.78, 5) is 15.9. The number of ether oxygens (including phenoxy) is 1. The predicted molar refractivity (Wildman–Crippen MR) is 168 cm³/mol. The summed E-state index contributed by atoms with van der Waals surface area (Å²) < 4.78 is 7.10. The molecular weight excluding hydrogens is 598 g/mol. The number of hydrogen-bond donors (Lipinski definition) is 1. The SMILES string of the molecule is Cc1cc(C)c(C2C(C#N)=C(N)N(c3cc(Cl)ccc3C)C3=C2C(=O)CC(C)(C)C3)cc1COc1ccc(Br)cc1. The maximum atomic E-state index is 14.0. The van der Waals surface area contributed by atoms with Crippen molar-refractivity contribution in [3.63, 3.8) is 0 Å². The van der Waals surface area contributed by atoms with Gasteiger partial charge in [0.2, 0.25) is 0 Å². The molecule has 0 bridgehead atoms. The second-order valence-corrected chi connectivity index (χ2v) is 13.1. The Morgan fingerprint density at radius 1 is 1.05 bits per heavy atom. The zero-order valence-corrected chi connectivity index (χ0v) is 26.3. The lowest BCUT2D eigenvalue weighted by Gasteiger charge is -2.44. The number of Topliss-reactive ketones (excluding diaryl/α,β-unsaturated/α-hetero) is 1. The van der Waals surface area contributed by atoms with Crippen LogP contribution in [0.15, 0.2) is 81.7 Å². The van der Waals surface area contributed by atoms with E-state index in [0.717, 1.165) is 49.4 Å². The standard InChI is InChI=1S/C34H33BrClN3O2/c1-19-6-9-24(36)14-28(19)39-29-15-34(4,5)16-30(40)32(29)31(27(17-37)33(39)38)26-13-22(20(2)12-21(26)3)18-41-25-10-7-23(35)8-11-25/h6-14,31H,15-16,18,38H2,1-5H3. The summed E-state index contributed by atoms with van der Waals surface area (Å²) in [6, 6.07) is 19.9. The summed E-state index contributed by atoms with van der Waals surface area (Å²) in [5.74, 6) is 0.566. The van der Waals surface area contributed by atoms with Crippen LogP contribution in [0.5, 0.6) is 5.75 Å². The number of allylic oxidation sites excluding steroid dienone is 3. The highest BCUT2D eigenvalue weighted by molar-refractivity contribution is 9.10. The van der Waals surface area contributed by atoms with Crippen LogP contribution in [-0.2, 0) is 11.4 Å². The third-order valence-electron chi connectivity index (χ3n) is 8.04. The molecule has 5 nitrogen and oxygen atoms in total. The molecule has 0 aromatic heterocycles. The van der Waals surface area contributed by atoms with Gasteiger partial charge in [-0.1, -0.05) is 59.6 Å². The third kappa shape index (κ3) is 5.54. The quantitative estimate of drug-likeness (QED) is 0.306. The lowest BCUT2D eigenvalue weighted by Crippen LogP contribution is -2.42. The molecule has 2 aliphatic rings. The van der Waals surface area contributed by atoms with Crippen LogP contribution in [0, 0.1) is 37.5 Å². The molecule has 2 N–H and O–H groups in total. The second-order valence-electron chi connectivity index (χ2n) is 11.8. The normalized spacial score (nSPS) is 18.3. The molecule has 0 fully saturated rings. The van der Waals surface area contributed by atoms with Gasteiger partial charge in [0.25, 0.3) is 0 Å². The number of anilines is 1. The van der Waals surface area contributed by atoms with Crippen LogP contribution in [0.4, 0.5) is 5.69 Å². The lowest BCUT2D eigenvalue weighted by atomic mass is 9.68. The van der Waals surface area contributed by atoms with Crippen LogP contribution in [0.2, 0.25) is 5.02 Å². The van der Waals surface area contributed by atoms with Gasteiger partial charge < -0.3 is 10.5 Å². The highest BCUT2D eigenvalue weighted by Crippen LogP contribution is 2.51. The van der Waals surface area contributed by atoms with E-state index >= 15 is 0 Å². The second kappa shape index (κ2) is 11.0. The molecule has 0 saturated heterocycles. The van der Waals surface area contributed by atoms with Crippen molar-refractivity contribution in [2.45, 2.75) is 60.0 Å². The third-order valence-corrected chi connectivity index (χ3v) is 8.80. The fourth-order valence-corrected chi connectivity index (χ4v) is 6.42. The molecule has 1 atom stereocenters. The number of benzene rings is 3. The van der Waals surface area contributed by atoms with Crippen LogP contribution in [0.1, 0.15) is 60.4 Å². The van der Waals surface area contributed by atoms with Crippen LogP contribution < -0.4 is 15.4 Å². The summed E-state index contributed by atoms with van der Waals surface area (Å²) in [5.41, 5.74) is 14.2. The fourth-order valence-electron chi connectivity index (χ4n) is 5.99. The van der Waals surface area contributed by atoms with Crippen molar-refractivity contribution >= 4 is 39.0 Å². The molecule has 0 saturated carbocycles. The van der Waals surface area contributed by atoms with E-state index in [1.807, 2.05) is 61.2 Å². The predicted octanol–water partition coefficient (Wildman–Crippen LogP) is 8.55. The van der Waals surface area contributed by atoms with E-state index in [-0.39, 0.29) is 11.2 Å². The minimum atomic E-state index is -0.568. The van der Waals surface area contributed by atoms with Crippen molar-refractivity contribution in [3.05, 3.63) is 115 Å². The molecule has 0 amide bonds. The Morgan fingerprint density at radius 3 is 2.44 bits per heavy atom. The Kier molecular flexibility index (Phi) is 7.80. The average Bonchev–Trinajstić information content (AvgIpc) is 2.90. The highest BCUT2D eigenvalue weighted by Gasteiger charge is 2.45. The first-order valence-electron chi connectivity index (χ1n) is 13.6. The number of rotatable bonds is 5. The highest BCUT2D eigenvalue weighted by atomic mass is 79.9. The molecule has 1 aliphatic heterocycles. The van der Waals surface area contributed by atoms with E-state index in [1.165, 1.54) is 0 Å². The number of halogens is 2. The van der Waals surface area contributed by atoms with Crippen LogP contribution in [0.3, 0.4) is 0 Å². The maximum Gasteiger partial charge on any atom is 0.162 e. The van der Waals surface area contributed by atoms with Gasteiger partial charge in [-0.2, -0.15) is 5.26 Å². The number of aryl methyl sites for hydroxylation is 3. The van der Waals surface area contributed by atoms with E-state index in [1.54, 1.807) is 0 Å². The summed E-state index contributed by atoms with van der Waals surface area (Å²) in [6.07, 6.45) is 1.04. The van der Waals surface area contributed by atoms with Crippen LogP contribution >= 0.6 is 27.5 Å². The lowest BCUT2D eigenvalue weighted by molar-refractivity contribution is -0.118. The van der Waals surface area contributed by atoms with Gasteiger partial charge in [0, 0.05) is 27.2 Å². The van der Waals surface area contributed by atoms with Crippen molar-refractivity contribution in [2.24, 2.45) is 11.1 Å². The van der Waals surface area contributed by atoms with Crippen LogP contribution in [-0.4, -0.2) is 5.78 Å². The maximum absolute atomic E-state index is 14.0. The van der Waals surface area contributed by atoms with Gasteiger partial charge >= 0.3 is 0 Å². The monoisotopic (exact) mass is 629 g/mol. The van der Waals surface area contributed by atoms with E-state index in [9.17, 15) is 10.1 Å². The van der Waals surface area contributed by atoms with Crippen molar-refractivity contribution in [2.75, 3.05) is 4.90 Å². The van der Waals surface area contributed by atoms with E-state index in [4.69, 9.17) is 22.1 Å². The average molecular weight is 631 g/mol.